The number of nitrogens with two attached hydrogens (primary N) is 1. The Bertz CT molecular complexity index is 327. The van der Waals surface area contributed by atoms with Crippen LogP contribution in [0.15, 0.2) is 16.9 Å². The number of aromatic nitrogens is 1. The van der Waals surface area contributed by atoms with Crippen molar-refractivity contribution in [2.75, 3.05) is 24.3 Å². The van der Waals surface area contributed by atoms with Gasteiger partial charge in [-0.05, 0) is 22.4 Å². The van der Waals surface area contributed by atoms with Gasteiger partial charge in [-0.1, -0.05) is 6.92 Å². The number of pyridine rings is 1. The van der Waals surface area contributed by atoms with E-state index in [0.717, 1.165) is 0 Å². The number of anilines is 2. The summed E-state index contributed by atoms with van der Waals surface area (Å²) in [5.74, 6) is 0. The number of aliphatic hydroxyl groups is 2. The second kappa shape index (κ2) is 5.47. The first-order chi connectivity index (χ1) is 7.58. The van der Waals surface area contributed by atoms with Crippen molar-refractivity contribution in [3.05, 3.63) is 16.9 Å². The van der Waals surface area contributed by atoms with Crippen LogP contribution in [0.1, 0.15) is 13.3 Å². The van der Waals surface area contributed by atoms with Crippen LogP contribution < -0.4 is 11.1 Å². The molecule has 0 bridgehead atoms. The highest BCUT2D eigenvalue weighted by molar-refractivity contribution is 9.10. The van der Waals surface area contributed by atoms with E-state index >= 15 is 0 Å². The van der Waals surface area contributed by atoms with Gasteiger partial charge in [0.15, 0.2) is 0 Å². The fraction of sp³-hybridized carbons (Fsp3) is 0.500. The van der Waals surface area contributed by atoms with Crippen molar-refractivity contribution in [3.63, 3.8) is 0 Å². The van der Waals surface area contributed by atoms with Gasteiger partial charge < -0.3 is 21.3 Å². The molecule has 0 fully saturated rings. The van der Waals surface area contributed by atoms with Crippen molar-refractivity contribution in [2.24, 2.45) is 0 Å². The van der Waals surface area contributed by atoms with Gasteiger partial charge in [0.05, 0.1) is 40.8 Å². The van der Waals surface area contributed by atoms with E-state index < -0.39 is 5.54 Å². The van der Waals surface area contributed by atoms with Gasteiger partial charge in [0.2, 0.25) is 0 Å². The maximum atomic E-state index is 9.33. The highest BCUT2D eigenvalue weighted by Crippen LogP contribution is 2.30. The Balaban J connectivity index is 3.02. The molecule has 0 atom stereocenters. The van der Waals surface area contributed by atoms with Gasteiger partial charge in [-0.3, -0.25) is 4.98 Å². The molecule has 0 aliphatic rings. The zero-order valence-electron chi connectivity index (χ0n) is 9.07. The van der Waals surface area contributed by atoms with Crippen molar-refractivity contribution in [3.8, 4) is 0 Å². The van der Waals surface area contributed by atoms with E-state index in [0.29, 0.717) is 22.3 Å². The number of halogens is 1. The predicted molar refractivity (Wildman–Crippen MR) is 67.2 cm³/mol. The summed E-state index contributed by atoms with van der Waals surface area (Å²) in [5, 5.41) is 21.7. The summed E-state index contributed by atoms with van der Waals surface area (Å²) < 4.78 is 0.701. The molecule has 0 aromatic carbocycles. The Morgan fingerprint density at radius 1 is 1.44 bits per heavy atom. The maximum absolute atomic E-state index is 9.33. The minimum absolute atomic E-state index is 0.172. The minimum atomic E-state index is -0.766. The van der Waals surface area contributed by atoms with E-state index in [1.54, 1.807) is 6.20 Å². The second-order valence-corrected chi connectivity index (χ2v) is 4.51. The van der Waals surface area contributed by atoms with E-state index in [1.165, 1.54) is 6.20 Å². The quantitative estimate of drug-likeness (QED) is 0.648. The first-order valence-electron chi connectivity index (χ1n) is 4.97. The molecule has 0 spiro atoms. The van der Waals surface area contributed by atoms with Crippen LogP contribution in [0.3, 0.4) is 0 Å². The van der Waals surface area contributed by atoms with E-state index in [9.17, 15) is 10.2 Å². The van der Waals surface area contributed by atoms with Gasteiger partial charge in [0.1, 0.15) is 0 Å². The molecule has 0 saturated carbocycles. The van der Waals surface area contributed by atoms with Crippen LogP contribution in [0.25, 0.3) is 0 Å². The van der Waals surface area contributed by atoms with Crippen molar-refractivity contribution in [1.29, 1.82) is 0 Å². The smallest absolute Gasteiger partial charge is 0.0833 e. The minimum Gasteiger partial charge on any atom is -0.396 e. The van der Waals surface area contributed by atoms with E-state index in [2.05, 4.69) is 26.2 Å². The van der Waals surface area contributed by atoms with Gasteiger partial charge >= 0.3 is 0 Å². The average Bonchev–Trinajstić information content (AvgIpc) is 2.30. The highest BCUT2D eigenvalue weighted by Gasteiger charge is 2.27. The van der Waals surface area contributed by atoms with Crippen LogP contribution in [-0.2, 0) is 0 Å². The summed E-state index contributed by atoms with van der Waals surface area (Å²) in [6.45, 7) is 1.53. The molecule has 0 aliphatic heterocycles. The molecular formula is C10H16BrN3O2. The van der Waals surface area contributed by atoms with Crippen LogP contribution in [0.5, 0.6) is 0 Å². The summed E-state index contributed by atoms with van der Waals surface area (Å²) in [6, 6.07) is 0. The molecule has 0 aliphatic carbocycles. The molecule has 1 rings (SSSR count). The molecule has 1 aromatic rings. The topological polar surface area (TPSA) is 91.4 Å². The summed E-state index contributed by atoms with van der Waals surface area (Å²) in [6.07, 6.45) is 3.70. The lowest BCUT2D eigenvalue weighted by Crippen LogP contribution is -2.45. The van der Waals surface area contributed by atoms with Gasteiger partial charge in [-0.25, -0.2) is 0 Å². The lowest BCUT2D eigenvalue weighted by Gasteiger charge is -2.31. The third kappa shape index (κ3) is 2.63. The number of hydrogen-bond donors (Lipinski definition) is 4. The van der Waals surface area contributed by atoms with E-state index in [-0.39, 0.29) is 13.2 Å². The molecule has 0 unspecified atom stereocenters. The molecule has 5 nitrogen and oxygen atoms in total. The molecule has 1 heterocycles. The SMILES string of the molecule is CCC(CO)(CO)Nc1c(N)cncc1Br. The number of nitrogens with one attached hydrogen (secondary N) is 1. The average molecular weight is 290 g/mol. The lowest BCUT2D eigenvalue weighted by atomic mass is 9.98. The molecule has 16 heavy (non-hydrogen) atoms. The van der Waals surface area contributed by atoms with Gasteiger partial charge in [-0.15, -0.1) is 0 Å². The summed E-state index contributed by atoms with van der Waals surface area (Å²) in [5.41, 5.74) is 6.11. The number of aliphatic hydroxyl groups excluding tert-OH is 2. The third-order valence-electron chi connectivity index (χ3n) is 2.60. The second-order valence-electron chi connectivity index (χ2n) is 3.66. The monoisotopic (exact) mass is 289 g/mol. The number of hydrogen-bond acceptors (Lipinski definition) is 5. The lowest BCUT2D eigenvalue weighted by molar-refractivity contribution is 0.132. The van der Waals surface area contributed by atoms with Crippen molar-refractivity contribution < 1.29 is 10.2 Å². The molecule has 0 saturated heterocycles. The zero-order chi connectivity index (χ0) is 12.2. The molecule has 6 heteroatoms. The fourth-order valence-corrected chi connectivity index (χ4v) is 1.73. The normalized spacial score (nSPS) is 11.5. The molecule has 90 valence electrons. The van der Waals surface area contributed by atoms with Crippen LogP contribution in [-0.4, -0.2) is 33.9 Å². The van der Waals surface area contributed by atoms with Crippen molar-refractivity contribution >= 4 is 27.3 Å². The predicted octanol–water partition coefficient (Wildman–Crippen LogP) is 0.972. The Hall–Kier alpha value is -0.850. The van der Waals surface area contributed by atoms with Crippen molar-refractivity contribution in [2.45, 2.75) is 18.9 Å². The molecule has 5 N–H and O–H groups in total. The summed E-state index contributed by atoms with van der Waals surface area (Å²) in [4.78, 5) is 3.92. The van der Waals surface area contributed by atoms with Gasteiger partial charge in [0.25, 0.3) is 0 Å². The largest absolute Gasteiger partial charge is 0.396 e. The first kappa shape index (κ1) is 13.2. The standard InChI is InChI=1S/C10H16BrN3O2/c1-2-10(5-15,6-16)14-9-7(11)3-13-4-8(9)12/h3-4,15-16H,2,5-6,12H2,1H3,(H,13,14). The molecule has 1 aromatic heterocycles. The fourth-order valence-electron chi connectivity index (χ4n) is 1.29. The van der Waals surface area contributed by atoms with E-state index in [4.69, 9.17) is 5.73 Å². The Labute approximate surface area is 103 Å². The van der Waals surface area contributed by atoms with Crippen LogP contribution in [0.2, 0.25) is 0 Å². The van der Waals surface area contributed by atoms with Gasteiger partial charge in [-0.2, -0.15) is 0 Å². The third-order valence-corrected chi connectivity index (χ3v) is 3.20. The van der Waals surface area contributed by atoms with Crippen LogP contribution in [0.4, 0.5) is 11.4 Å². The molecule has 0 amide bonds. The highest BCUT2D eigenvalue weighted by atomic mass is 79.9. The Morgan fingerprint density at radius 2 is 2.06 bits per heavy atom. The number of nitrogens with zero attached hydrogens (tertiary/aromatic N) is 1. The molecular weight excluding hydrogens is 274 g/mol. The summed E-state index contributed by atoms with van der Waals surface area (Å²) >= 11 is 3.32. The Morgan fingerprint density at radius 3 is 2.50 bits per heavy atom. The first-order valence-corrected chi connectivity index (χ1v) is 5.76. The van der Waals surface area contributed by atoms with Crippen LogP contribution >= 0.6 is 15.9 Å². The number of nitrogen functional groups attached to an aromatic ring is 1. The van der Waals surface area contributed by atoms with Crippen LogP contribution in [0, 0.1) is 0 Å². The summed E-state index contributed by atoms with van der Waals surface area (Å²) in [7, 11) is 0. The molecule has 0 radical (unpaired) electrons. The van der Waals surface area contributed by atoms with Crippen molar-refractivity contribution in [1.82, 2.24) is 4.98 Å². The maximum Gasteiger partial charge on any atom is 0.0833 e. The Kier molecular flexibility index (Phi) is 4.52. The van der Waals surface area contributed by atoms with E-state index in [1.807, 2.05) is 6.92 Å². The number of rotatable bonds is 5. The zero-order valence-corrected chi connectivity index (χ0v) is 10.7. The van der Waals surface area contributed by atoms with Gasteiger partial charge in [0, 0.05) is 6.20 Å².